The Kier molecular flexibility index (Phi) is 2.97. The zero-order valence-electron chi connectivity index (χ0n) is 9.48. The average molecular weight is 311 g/mol. The van der Waals surface area contributed by atoms with E-state index in [9.17, 15) is 0 Å². The van der Waals surface area contributed by atoms with Crippen LogP contribution in [0.25, 0.3) is 11.3 Å². The van der Waals surface area contributed by atoms with E-state index in [0.717, 1.165) is 21.5 Å². The second-order valence-corrected chi connectivity index (χ2v) is 4.72. The van der Waals surface area contributed by atoms with Crippen LogP contribution in [0.5, 0.6) is 11.5 Å². The molecule has 18 heavy (non-hydrogen) atoms. The van der Waals surface area contributed by atoms with E-state index < -0.39 is 0 Å². The summed E-state index contributed by atoms with van der Waals surface area (Å²) >= 11 is 3.47. The van der Waals surface area contributed by atoms with Crippen molar-refractivity contribution in [3.8, 4) is 22.8 Å². The highest BCUT2D eigenvalue weighted by atomic mass is 79.9. The van der Waals surface area contributed by atoms with Gasteiger partial charge < -0.3 is 19.7 Å². The summed E-state index contributed by atoms with van der Waals surface area (Å²) in [5, 5.41) is 3.98. The maximum Gasteiger partial charge on any atom is 0.175 e. The Hall–Kier alpha value is -1.53. The lowest BCUT2D eigenvalue weighted by molar-refractivity contribution is 0.170. The SMILES string of the molecule is NCc1cc(-c2cc(Br)c3c(c2)OCCO3)no1. The minimum Gasteiger partial charge on any atom is -0.486 e. The zero-order chi connectivity index (χ0) is 12.5. The van der Waals surface area contributed by atoms with Gasteiger partial charge in [0.1, 0.15) is 18.9 Å². The van der Waals surface area contributed by atoms with Crippen molar-refractivity contribution in [2.24, 2.45) is 5.73 Å². The third-order valence-corrected chi connectivity index (χ3v) is 3.24. The van der Waals surface area contributed by atoms with E-state index in [1.54, 1.807) is 0 Å². The standard InChI is InChI=1S/C12H11BrN2O3/c13-9-3-7(10-5-8(6-14)18-15-10)4-11-12(9)17-2-1-16-11/h3-5H,1-2,6,14H2. The maximum absolute atomic E-state index is 5.56. The largest absolute Gasteiger partial charge is 0.486 e. The molecule has 2 N–H and O–H groups in total. The molecule has 0 unspecified atom stereocenters. The highest BCUT2D eigenvalue weighted by molar-refractivity contribution is 9.10. The molecule has 94 valence electrons. The number of benzene rings is 1. The van der Waals surface area contributed by atoms with Gasteiger partial charge in [0.25, 0.3) is 0 Å². The molecule has 2 aromatic rings. The molecule has 3 rings (SSSR count). The molecule has 0 fully saturated rings. The highest BCUT2D eigenvalue weighted by Crippen LogP contribution is 2.41. The predicted octanol–water partition coefficient (Wildman–Crippen LogP) is 2.33. The van der Waals surface area contributed by atoms with Crippen molar-refractivity contribution in [1.82, 2.24) is 5.16 Å². The molecule has 5 nitrogen and oxygen atoms in total. The second-order valence-electron chi connectivity index (χ2n) is 3.86. The fraction of sp³-hybridized carbons (Fsp3) is 0.250. The molecule has 0 amide bonds. The molecule has 0 atom stereocenters. The smallest absolute Gasteiger partial charge is 0.175 e. The minimum atomic E-state index is 0.332. The number of aromatic nitrogens is 1. The molecule has 1 aromatic carbocycles. The Morgan fingerprint density at radius 3 is 2.83 bits per heavy atom. The fourth-order valence-electron chi connectivity index (χ4n) is 1.80. The van der Waals surface area contributed by atoms with Crippen LogP contribution in [0.4, 0.5) is 0 Å². The second kappa shape index (κ2) is 4.62. The highest BCUT2D eigenvalue weighted by Gasteiger charge is 2.18. The third kappa shape index (κ3) is 1.97. The molecule has 6 heteroatoms. The number of nitrogens with zero attached hydrogens (tertiary/aromatic N) is 1. The first-order chi connectivity index (χ1) is 8.78. The molecule has 1 aliphatic heterocycles. The van der Waals surface area contributed by atoms with Gasteiger partial charge >= 0.3 is 0 Å². The number of nitrogens with two attached hydrogens (primary N) is 1. The molecule has 0 bridgehead atoms. The topological polar surface area (TPSA) is 70.5 Å². The van der Waals surface area contributed by atoms with Gasteiger partial charge in [0.05, 0.1) is 11.0 Å². The Labute approximate surface area is 112 Å². The van der Waals surface area contributed by atoms with Crippen LogP contribution in [0, 0.1) is 0 Å². The van der Waals surface area contributed by atoms with E-state index in [1.807, 2.05) is 18.2 Å². The van der Waals surface area contributed by atoms with E-state index in [1.165, 1.54) is 0 Å². The van der Waals surface area contributed by atoms with Gasteiger partial charge in [0, 0.05) is 11.6 Å². The number of ether oxygens (including phenoxy) is 2. The van der Waals surface area contributed by atoms with Gasteiger partial charge in [-0.15, -0.1) is 0 Å². The van der Waals surface area contributed by atoms with Crippen LogP contribution in [0.15, 0.2) is 27.2 Å². The van der Waals surface area contributed by atoms with Crippen molar-refractivity contribution < 1.29 is 14.0 Å². The molecular formula is C12H11BrN2O3. The van der Waals surface area contributed by atoms with Crippen molar-refractivity contribution in [3.05, 3.63) is 28.4 Å². The molecular weight excluding hydrogens is 300 g/mol. The van der Waals surface area contributed by atoms with Crippen LogP contribution in [0.2, 0.25) is 0 Å². The lowest BCUT2D eigenvalue weighted by Crippen LogP contribution is -2.15. The van der Waals surface area contributed by atoms with Gasteiger partial charge in [-0.1, -0.05) is 5.16 Å². The van der Waals surface area contributed by atoms with Crippen LogP contribution < -0.4 is 15.2 Å². The first-order valence-electron chi connectivity index (χ1n) is 5.53. The summed E-state index contributed by atoms with van der Waals surface area (Å²) < 4.78 is 17.0. The first kappa shape index (κ1) is 11.6. The molecule has 0 saturated heterocycles. The number of fused-ring (bicyclic) bond motifs is 1. The van der Waals surface area contributed by atoms with E-state index in [4.69, 9.17) is 19.7 Å². The number of rotatable bonds is 2. The van der Waals surface area contributed by atoms with Crippen molar-refractivity contribution in [2.45, 2.75) is 6.54 Å². The first-order valence-corrected chi connectivity index (χ1v) is 6.32. The van der Waals surface area contributed by atoms with Crippen molar-refractivity contribution in [3.63, 3.8) is 0 Å². The van der Waals surface area contributed by atoms with Gasteiger partial charge in [-0.25, -0.2) is 0 Å². The van der Waals surface area contributed by atoms with Gasteiger partial charge in [-0.3, -0.25) is 0 Å². The van der Waals surface area contributed by atoms with Crippen molar-refractivity contribution in [1.29, 1.82) is 0 Å². The van der Waals surface area contributed by atoms with E-state index in [-0.39, 0.29) is 0 Å². The molecule has 0 aliphatic carbocycles. The summed E-state index contributed by atoms with van der Waals surface area (Å²) in [6.45, 7) is 1.45. The van der Waals surface area contributed by atoms with Crippen molar-refractivity contribution in [2.75, 3.05) is 13.2 Å². The summed E-state index contributed by atoms with van der Waals surface area (Å²) in [4.78, 5) is 0. The zero-order valence-corrected chi connectivity index (χ0v) is 11.1. The summed E-state index contributed by atoms with van der Waals surface area (Å²) in [7, 11) is 0. The molecule has 2 heterocycles. The van der Waals surface area contributed by atoms with Crippen LogP contribution in [-0.2, 0) is 6.54 Å². The number of halogens is 1. The quantitative estimate of drug-likeness (QED) is 0.922. The Bertz CT molecular complexity index is 583. The van der Waals surface area contributed by atoms with Crippen LogP contribution in [-0.4, -0.2) is 18.4 Å². The minimum absolute atomic E-state index is 0.332. The van der Waals surface area contributed by atoms with Crippen LogP contribution >= 0.6 is 15.9 Å². The van der Waals surface area contributed by atoms with Gasteiger partial charge in [-0.05, 0) is 28.1 Å². The number of hydrogen-bond donors (Lipinski definition) is 1. The predicted molar refractivity (Wildman–Crippen MR) is 68.5 cm³/mol. The normalized spacial score (nSPS) is 13.7. The van der Waals surface area contributed by atoms with E-state index in [2.05, 4.69) is 21.1 Å². The van der Waals surface area contributed by atoms with Gasteiger partial charge in [0.2, 0.25) is 0 Å². The van der Waals surface area contributed by atoms with Crippen molar-refractivity contribution >= 4 is 15.9 Å². The van der Waals surface area contributed by atoms with Crippen LogP contribution in [0.3, 0.4) is 0 Å². The summed E-state index contributed by atoms with van der Waals surface area (Å²) in [5.74, 6) is 2.09. The molecule has 0 radical (unpaired) electrons. The monoisotopic (exact) mass is 310 g/mol. The average Bonchev–Trinajstić information content (AvgIpc) is 2.87. The summed E-state index contributed by atoms with van der Waals surface area (Å²) in [6.07, 6.45) is 0. The van der Waals surface area contributed by atoms with Gasteiger partial charge in [-0.2, -0.15) is 0 Å². The maximum atomic E-state index is 5.56. The lowest BCUT2D eigenvalue weighted by atomic mass is 10.1. The van der Waals surface area contributed by atoms with Gasteiger partial charge in [0.15, 0.2) is 17.3 Å². The Balaban J connectivity index is 2.04. The van der Waals surface area contributed by atoms with E-state index >= 15 is 0 Å². The summed E-state index contributed by atoms with van der Waals surface area (Å²) in [5.41, 5.74) is 7.12. The number of hydrogen-bond acceptors (Lipinski definition) is 5. The van der Waals surface area contributed by atoms with E-state index in [0.29, 0.717) is 31.3 Å². The lowest BCUT2D eigenvalue weighted by Gasteiger charge is -2.20. The Morgan fingerprint density at radius 2 is 2.06 bits per heavy atom. The molecule has 0 spiro atoms. The molecule has 1 aliphatic rings. The third-order valence-electron chi connectivity index (χ3n) is 2.65. The summed E-state index contributed by atoms with van der Waals surface area (Å²) in [6, 6.07) is 5.63. The molecule has 1 aromatic heterocycles. The Morgan fingerprint density at radius 1 is 1.22 bits per heavy atom. The van der Waals surface area contributed by atoms with Crippen LogP contribution in [0.1, 0.15) is 5.76 Å². The molecule has 0 saturated carbocycles. The fourth-order valence-corrected chi connectivity index (χ4v) is 2.36.